The third-order valence-electron chi connectivity index (χ3n) is 5.58. The van der Waals surface area contributed by atoms with E-state index in [9.17, 15) is 9.59 Å². The number of hydrogen-bond donors (Lipinski definition) is 1. The molecule has 0 fully saturated rings. The largest absolute Gasteiger partial charge is 0.496 e. The van der Waals surface area contributed by atoms with E-state index >= 15 is 0 Å². The van der Waals surface area contributed by atoms with Crippen molar-refractivity contribution in [1.29, 1.82) is 0 Å². The molecule has 0 atom stereocenters. The van der Waals surface area contributed by atoms with Crippen molar-refractivity contribution in [3.63, 3.8) is 0 Å². The van der Waals surface area contributed by atoms with Crippen LogP contribution in [-0.2, 0) is 9.59 Å². The fraction of sp³-hybridized carbons (Fsp3) is 0.185. The maximum absolute atomic E-state index is 13.7. The van der Waals surface area contributed by atoms with Gasteiger partial charge < -0.3 is 15.0 Å². The van der Waals surface area contributed by atoms with E-state index in [1.165, 1.54) is 4.90 Å². The SMILES string of the molecule is COc1ccccc1C1=C(Nc2cc(C)cc(C)c2)C(=O)N(c2ccc(N(C)C)cc2)C1=O. The number of nitrogens with one attached hydrogen (secondary N) is 1. The fourth-order valence-electron chi connectivity index (χ4n) is 4.07. The number of carbonyl (C=O) groups excluding carboxylic acids is 2. The Morgan fingerprint density at radius 3 is 2.09 bits per heavy atom. The molecule has 3 aromatic carbocycles. The summed E-state index contributed by atoms with van der Waals surface area (Å²) in [6.45, 7) is 3.99. The zero-order chi connectivity index (χ0) is 23.7. The Labute approximate surface area is 194 Å². The second kappa shape index (κ2) is 8.82. The van der Waals surface area contributed by atoms with Crippen molar-refractivity contribution >= 4 is 34.4 Å². The molecule has 33 heavy (non-hydrogen) atoms. The van der Waals surface area contributed by atoms with Gasteiger partial charge in [0.1, 0.15) is 11.4 Å². The molecule has 0 saturated carbocycles. The average Bonchev–Trinajstić information content (AvgIpc) is 3.02. The van der Waals surface area contributed by atoms with E-state index < -0.39 is 11.8 Å². The standard InChI is InChI=1S/C27H27N3O3/c1-17-14-18(2)16-19(15-17)28-25-24(22-8-6-7-9-23(22)33-5)26(31)30(27(25)32)21-12-10-20(11-13-21)29(3)4/h6-16,28H,1-5H3. The lowest BCUT2D eigenvalue weighted by Crippen LogP contribution is -2.32. The quantitative estimate of drug-likeness (QED) is 0.558. The Morgan fingerprint density at radius 1 is 0.848 bits per heavy atom. The van der Waals surface area contributed by atoms with E-state index in [1.807, 2.05) is 69.2 Å². The summed E-state index contributed by atoms with van der Waals surface area (Å²) >= 11 is 0. The lowest BCUT2D eigenvalue weighted by molar-refractivity contribution is -0.120. The van der Waals surface area contributed by atoms with Gasteiger partial charge in [-0.1, -0.05) is 24.3 Å². The minimum atomic E-state index is -0.405. The van der Waals surface area contributed by atoms with Gasteiger partial charge in [0.25, 0.3) is 11.8 Å². The highest BCUT2D eigenvalue weighted by atomic mass is 16.5. The molecule has 6 heteroatoms. The van der Waals surface area contributed by atoms with E-state index in [2.05, 4.69) is 11.4 Å². The number of anilines is 3. The number of carbonyl (C=O) groups is 2. The number of benzene rings is 3. The van der Waals surface area contributed by atoms with E-state index in [4.69, 9.17) is 4.74 Å². The van der Waals surface area contributed by atoms with E-state index in [0.717, 1.165) is 22.5 Å². The van der Waals surface area contributed by atoms with Crippen LogP contribution in [0.5, 0.6) is 5.75 Å². The minimum absolute atomic E-state index is 0.228. The summed E-state index contributed by atoms with van der Waals surface area (Å²) in [5.74, 6) is -0.273. The van der Waals surface area contributed by atoms with Gasteiger partial charge in [0.2, 0.25) is 0 Å². The van der Waals surface area contributed by atoms with Crippen molar-refractivity contribution < 1.29 is 14.3 Å². The molecule has 4 rings (SSSR count). The molecule has 0 spiro atoms. The predicted molar refractivity (Wildman–Crippen MR) is 133 cm³/mol. The molecule has 6 nitrogen and oxygen atoms in total. The van der Waals surface area contributed by atoms with Crippen molar-refractivity contribution in [3.8, 4) is 5.75 Å². The van der Waals surface area contributed by atoms with E-state index in [-0.39, 0.29) is 11.3 Å². The first kappa shape index (κ1) is 22.1. The molecule has 0 unspecified atom stereocenters. The number of imide groups is 1. The van der Waals surface area contributed by atoms with Crippen LogP contribution in [0.25, 0.3) is 5.57 Å². The number of para-hydroxylation sites is 1. The van der Waals surface area contributed by atoms with Crippen LogP contribution in [0, 0.1) is 13.8 Å². The molecule has 1 aliphatic rings. The molecule has 0 radical (unpaired) electrons. The maximum Gasteiger partial charge on any atom is 0.282 e. The van der Waals surface area contributed by atoms with Gasteiger partial charge in [-0.3, -0.25) is 9.59 Å². The molecule has 1 aliphatic heterocycles. The molecule has 2 amide bonds. The number of methoxy groups -OCH3 is 1. The monoisotopic (exact) mass is 441 g/mol. The van der Waals surface area contributed by atoms with E-state index in [1.54, 1.807) is 31.4 Å². The van der Waals surface area contributed by atoms with Crippen LogP contribution in [-0.4, -0.2) is 33.0 Å². The number of amides is 2. The Morgan fingerprint density at radius 2 is 1.48 bits per heavy atom. The number of hydrogen-bond acceptors (Lipinski definition) is 5. The average molecular weight is 442 g/mol. The highest BCUT2D eigenvalue weighted by Crippen LogP contribution is 2.37. The number of ether oxygens (including phenoxy) is 1. The van der Waals surface area contributed by atoms with Crippen LogP contribution >= 0.6 is 0 Å². The van der Waals surface area contributed by atoms with Crippen LogP contribution < -0.4 is 19.9 Å². The molecule has 1 heterocycles. The topological polar surface area (TPSA) is 61.9 Å². The van der Waals surface area contributed by atoms with Gasteiger partial charge >= 0.3 is 0 Å². The summed E-state index contributed by atoms with van der Waals surface area (Å²) in [6, 6.07) is 20.5. The van der Waals surface area contributed by atoms with Crippen molar-refractivity contribution in [1.82, 2.24) is 0 Å². The van der Waals surface area contributed by atoms with Gasteiger partial charge in [-0.25, -0.2) is 4.90 Å². The molecule has 3 aromatic rings. The first-order chi connectivity index (χ1) is 15.8. The highest BCUT2D eigenvalue weighted by molar-refractivity contribution is 6.46. The van der Waals surface area contributed by atoms with Gasteiger partial charge in [0.15, 0.2) is 0 Å². The second-order valence-electron chi connectivity index (χ2n) is 8.31. The molecular formula is C27H27N3O3. The Balaban J connectivity index is 1.84. The van der Waals surface area contributed by atoms with Crippen molar-refractivity contribution in [2.45, 2.75) is 13.8 Å². The maximum atomic E-state index is 13.7. The highest BCUT2D eigenvalue weighted by Gasteiger charge is 2.41. The van der Waals surface area contributed by atoms with Crippen LogP contribution in [0.4, 0.5) is 17.1 Å². The summed E-state index contributed by atoms with van der Waals surface area (Å²) in [6.07, 6.45) is 0. The van der Waals surface area contributed by atoms with Crippen molar-refractivity contribution in [2.24, 2.45) is 0 Å². The van der Waals surface area contributed by atoms with Gasteiger partial charge in [-0.2, -0.15) is 0 Å². The number of aryl methyl sites for hydroxylation is 2. The van der Waals surface area contributed by atoms with Gasteiger partial charge in [0.05, 0.1) is 18.4 Å². The van der Waals surface area contributed by atoms with Crippen LogP contribution in [0.2, 0.25) is 0 Å². The minimum Gasteiger partial charge on any atom is -0.496 e. The Hall–Kier alpha value is -4.06. The number of nitrogens with zero attached hydrogens (tertiary/aromatic N) is 2. The lowest BCUT2D eigenvalue weighted by Gasteiger charge is -2.18. The second-order valence-corrected chi connectivity index (χ2v) is 8.31. The van der Waals surface area contributed by atoms with Gasteiger partial charge in [-0.05, 0) is 67.4 Å². The van der Waals surface area contributed by atoms with Crippen LogP contribution in [0.1, 0.15) is 16.7 Å². The summed E-state index contributed by atoms with van der Waals surface area (Å²) in [7, 11) is 5.43. The molecule has 168 valence electrons. The molecule has 1 N–H and O–H groups in total. The zero-order valence-corrected chi connectivity index (χ0v) is 19.5. The first-order valence-electron chi connectivity index (χ1n) is 10.7. The predicted octanol–water partition coefficient (Wildman–Crippen LogP) is 4.77. The normalized spacial score (nSPS) is 13.5. The molecule has 0 saturated heterocycles. The van der Waals surface area contributed by atoms with Crippen molar-refractivity contribution in [2.75, 3.05) is 36.3 Å². The number of rotatable bonds is 6. The van der Waals surface area contributed by atoms with E-state index in [0.29, 0.717) is 17.0 Å². The Bertz CT molecular complexity index is 1240. The zero-order valence-electron chi connectivity index (χ0n) is 19.5. The lowest BCUT2D eigenvalue weighted by atomic mass is 10.0. The summed E-state index contributed by atoms with van der Waals surface area (Å²) in [5, 5.41) is 3.24. The molecule has 0 aromatic heterocycles. The van der Waals surface area contributed by atoms with Crippen molar-refractivity contribution in [3.05, 3.63) is 89.1 Å². The summed E-state index contributed by atoms with van der Waals surface area (Å²) in [4.78, 5) is 30.5. The summed E-state index contributed by atoms with van der Waals surface area (Å²) < 4.78 is 5.51. The Kier molecular flexibility index (Phi) is 5.92. The molecule has 0 aliphatic carbocycles. The van der Waals surface area contributed by atoms with Crippen LogP contribution in [0.15, 0.2) is 72.4 Å². The third kappa shape index (κ3) is 4.20. The molecular weight excluding hydrogens is 414 g/mol. The first-order valence-corrected chi connectivity index (χ1v) is 10.7. The summed E-state index contributed by atoms with van der Waals surface area (Å²) in [5.41, 5.74) is 5.44. The third-order valence-corrected chi connectivity index (χ3v) is 5.58. The smallest absolute Gasteiger partial charge is 0.282 e. The molecule has 0 bridgehead atoms. The van der Waals surface area contributed by atoms with Crippen LogP contribution in [0.3, 0.4) is 0 Å². The fourth-order valence-corrected chi connectivity index (χ4v) is 4.07. The van der Waals surface area contributed by atoms with Gasteiger partial charge in [-0.15, -0.1) is 0 Å². The van der Waals surface area contributed by atoms with Gasteiger partial charge in [0, 0.05) is 31.0 Å².